The van der Waals surface area contributed by atoms with Gasteiger partial charge in [-0.05, 0) is 49.0 Å². The maximum atomic E-state index is 13.3. The van der Waals surface area contributed by atoms with Crippen molar-refractivity contribution in [2.75, 3.05) is 27.3 Å². The SMILES string of the molecule is CC(C)Cc1cccc2nc(Cn3cccc(CC(=O)[C@H](CC/C=C/C(=O)N(C)C)NC(=O)OCCO)c3=O)sc12. The van der Waals surface area contributed by atoms with E-state index >= 15 is 0 Å². The number of carbonyl (C=O) groups is 3. The Morgan fingerprint density at radius 2 is 1.93 bits per heavy atom. The molecule has 1 aromatic carbocycles. The Balaban J connectivity index is 1.76. The Labute approximate surface area is 243 Å². The topological polar surface area (TPSA) is 131 Å². The molecule has 0 saturated heterocycles. The van der Waals surface area contributed by atoms with Crippen LogP contribution in [0.1, 0.15) is 42.8 Å². The van der Waals surface area contributed by atoms with Crippen LogP contribution in [0.3, 0.4) is 0 Å². The van der Waals surface area contributed by atoms with Gasteiger partial charge in [0.25, 0.3) is 5.56 Å². The normalized spacial score (nSPS) is 12.1. The van der Waals surface area contributed by atoms with Gasteiger partial charge in [0, 0.05) is 32.3 Å². The lowest BCUT2D eigenvalue weighted by molar-refractivity contribution is -0.123. The van der Waals surface area contributed by atoms with E-state index in [0.29, 0.717) is 17.9 Å². The van der Waals surface area contributed by atoms with Crippen LogP contribution in [0.15, 0.2) is 53.5 Å². The van der Waals surface area contributed by atoms with E-state index < -0.39 is 12.1 Å². The maximum Gasteiger partial charge on any atom is 0.407 e. The lowest BCUT2D eigenvalue weighted by Gasteiger charge is -2.17. The van der Waals surface area contributed by atoms with E-state index in [2.05, 4.69) is 25.2 Å². The number of ketones is 1. The molecule has 11 heteroatoms. The van der Waals surface area contributed by atoms with Crippen molar-refractivity contribution >= 4 is 39.3 Å². The predicted molar refractivity (Wildman–Crippen MR) is 159 cm³/mol. The zero-order valence-electron chi connectivity index (χ0n) is 24.0. The summed E-state index contributed by atoms with van der Waals surface area (Å²) in [5.74, 6) is -0.0573. The number of rotatable bonds is 14. The number of alkyl carbamates (subject to hydrolysis) is 1. The van der Waals surface area contributed by atoms with Crippen LogP contribution in [0.2, 0.25) is 0 Å². The Hall–Kier alpha value is -3.83. The highest BCUT2D eigenvalue weighted by Gasteiger charge is 2.22. The predicted octanol–water partition coefficient (Wildman–Crippen LogP) is 3.33. The zero-order valence-corrected chi connectivity index (χ0v) is 24.8. The molecule has 2 N–H and O–H groups in total. The first-order valence-corrected chi connectivity index (χ1v) is 14.4. The van der Waals surface area contributed by atoms with Gasteiger partial charge in [-0.1, -0.05) is 38.1 Å². The maximum absolute atomic E-state index is 13.3. The van der Waals surface area contributed by atoms with Crippen molar-refractivity contribution in [3.8, 4) is 0 Å². The number of thiazole rings is 1. The molecule has 220 valence electrons. The monoisotopic (exact) mass is 582 g/mol. The summed E-state index contributed by atoms with van der Waals surface area (Å²) in [5, 5.41) is 12.2. The van der Waals surface area contributed by atoms with Crippen molar-refractivity contribution in [3.63, 3.8) is 0 Å². The first-order chi connectivity index (χ1) is 19.6. The third kappa shape index (κ3) is 9.36. The molecule has 0 radical (unpaired) electrons. The molecule has 0 bridgehead atoms. The molecular formula is C30H38N4O6S. The Morgan fingerprint density at radius 1 is 1.17 bits per heavy atom. The first-order valence-electron chi connectivity index (χ1n) is 13.6. The molecule has 2 heterocycles. The smallest absolute Gasteiger partial charge is 0.407 e. The van der Waals surface area contributed by atoms with Crippen LogP contribution in [0.4, 0.5) is 4.79 Å². The van der Waals surface area contributed by atoms with Gasteiger partial charge in [0.15, 0.2) is 5.78 Å². The summed E-state index contributed by atoms with van der Waals surface area (Å²) in [4.78, 5) is 56.6. The minimum absolute atomic E-state index is 0.191. The van der Waals surface area contributed by atoms with Crippen molar-refractivity contribution in [1.82, 2.24) is 19.8 Å². The van der Waals surface area contributed by atoms with Crippen LogP contribution in [0.5, 0.6) is 0 Å². The third-order valence-electron chi connectivity index (χ3n) is 6.27. The number of hydrogen-bond donors (Lipinski definition) is 2. The second-order valence-electron chi connectivity index (χ2n) is 10.3. The fraction of sp³-hybridized carbons (Fsp3) is 0.433. The molecule has 3 rings (SSSR count). The fourth-order valence-electron chi connectivity index (χ4n) is 4.25. The number of nitrogens with one attached hydrogen (secondary N) is 1. The highest BCUT2D eigenvalue weighted by Crippen LogP contribution is 2.28. The molecule has 0 aliphatic carbocycles. The van der Waals surface area contributed by atoms with E-state index in [0.717, 1.165) is 21.6 Å². The van der Waals surface area contributed by atoms with Crippen molar-refractivity contribution < 1.29 is 24.2 Å². The number of aliphatic hydroxyl groups is 1. The second-order valence-corrected chi connectivity index (χ2v) is 11.4. The number of aromatic nitrogens is 2. The van der Waals surface area contributed by atoms with Crippen LogP contribution < -0.4 is 10.9 Å². The average Bonchev–Trinajstić information content (AvgIpc) is 3.34. The van der Waals surface area contributed by atoms with Gasteiger partial charge in [0.1, 0.15) is 11.6 Å². The number of hydrogen-bond acceptors (Lipinski definition) is 8. The zero-order chi connectivity index (χ0) is 29.9. The quantitative estimate of drug-likeness (QED) is 0.279. The number of carbonyl (C=O) groups excluding carboxylic acids is 3. The van der Waals surface area contributed by atoms with Gasteiger partial charge >= 0.3 is 6.09 Å². The fourth-order valence-corrected chi connectivity index (χ4v) is 5.34. The van der Waals surface area contributed by atoms with Crippen LogP contribution >= 0.6 is 11.3 Å². The average molecular weight is 583 g/mol. The summed E-state index contributed by atoms with van der Waals surface area (Å²) in [5.41, 5.74) is 2.14. The number of Topliss-reactive ketones (excluding diaryl/α,β-unsaturated/α-hetero) is 1. The molecule has 0 aliphatic rings. The van der Waals surface area contributed by atoms with Crippen LogP contribution in [-0.2, 0) is 33.7 Å². The molecule has 0 saturated carbocycles. The molecule has 2 amide bonds. The van der Waals surface area contributed by atoms with Crippen LogP contribution in [0.25, 0.3) is 10.2 Å². The summed E-state index contributed by atoms with van der Waals surface area (Å²) < 4.78 is 7.52. The molecule has 41 heavy (non-hydrogen) atoms. The summed E-state index contributed by atoms with van der Waals surface area (Å²) in [6.45, 7) is 4.07. The standard InChI is InChI=1S/C30H38N4O6S/c1-20(2)17-21-9-7-12-24-28(21)41-26(31-24)19-34-14-8-10-22(29(34)38)18-25(36)23(32-30(39)40-16-15-35)11-5-6-13-27(37)33(3)4/h6-10,12-14,20,23,35H,5,11,15-19H2,1-4H3,(H,32,39)/b13-6+/t23-/m0/s1. The number of fused-ring (bicyclic) bond motifs is 1. The first kappa shape index (κ1) is 31.7. The lowest BCUT2D eigenvalue weighted by atomic mass is 10.0. The number of ether oxygens (including phenoxy) is 1. The van der Waals surface area contributed by atoms with E-state index in [1.807, 2.05) is 12.1 Å². The Bertz CT molecular complexity index is 1440. The van der Waals surface area contributed by atoms with Gasteiger partial charge in [-0.25, -0.2) is 9.78 Å². The Kier molecular flexibility index (Phi) is 11.8. The Morgan fingerprint density at radius 3 is 2.63 bits per heavy atom. The molecular weight excluding hydrogens is 544 g/mol. The van der Waals surface area contributed by atoms with Gasteiger partial charge in [0.05, 0.1) is 29.4 Å². The molecule has 3 aromatic rings. The molecule has 0 spiro atoms. The highest BCUT2D eigenvalue weighted by molar-refractivity contribution is 7.18. The van der Waals surface area contributed by atoms with Crippen molar-refractivity contribution in [2.45, 2.75) is 52.1 Å². The number of pyridine rings is 1. The number of allylic oxidation sites excluding steroid dienone is 1. The van der Waals surface area contributed by atoms with E-state index in [9.17, 15) is 19.2 Å². The number of amides is 2. The summed E-state index contributed by atoms with van der Waals surface area (Å²) in [7, 11) is 3.26. The molecule has 10 nitrogen and oxygen atoms in total. The third-order valence-corrected chi connectivity index (χ3v) is 7.40. The number of aliphatic hydroxyl groups excluding tert-OH is 1. The largest absolute Gasteiger partial charge is 0.447 e. The van der Waals surface area contributed by atoms with Crippen molar-refractivity contribution in [2.24, 2.45) is 5.92 Å². The molecule has 1 atom stereocenters. The van der Waals surface area contributed by atoms with Gasteiger partial charge in [-0.15, -0.1) is 11.3 Å². The van der Waals surface area contributed by atoms with E-state index in [-0.39, 0.29) is 49.8 Å². The summed E-state index contributed by atoms with van der Waals surface area (Å²) >= 11 is 1.57. The number of likely N-dealkylation sites (N-methyl/N-ethyl adjacent to an activating group) is 1. The molecule has 0 unspecified atom stereocenters. The number of benzene rings is 1. The summed E-state index contributed by atoms with van der Waals surface area (Å²) in [6.07, 6.45) is 5.15. The van der Waals surface area contributed by atoms with Gasteiger partial charge in [0.2, 0.25) is 5.91 Å². The molecule has 0 fully saturated rings. The van der Waals surface area contributed by atoms with Crippen LogP contribution in [-0.4, -0.2) is 70.7 Å². The summed E-state index contributed by atoms with van der Waals surface area (Å²) in [6, 6.07) is 8.46. The molecule has 2 aromatic heterocycles. The van der Waals surface area contributed by atoms with E-state index in [4.69, 9.17) is 14.8 Å². The van der Waals surface area contributed by atoms with Gasteiger partial charge in [-0.2, -0.15) is 0 Å². The van der Waals surface area contributed by atoms with Crippen molar-refractivity contribution in [3.05, 3.63) is 75.2 Å². The molecule has 0 aliphatic heterocycles. The van der Waals surface area contributed by atoms with E-state index in [1.54, 1.807) is 49.8 Å². The minimum atomic E-state index is -0.947. The minimum Gasteiger partial charge on any atom is -0.447 e. The second kappa shape index (κ2) is 15.2. The van der Waals surface area contributed by atoms with Crippen molar-refractivity contribution in [1.29, 1.82) is 0 Å². The van der Waals surface area contributed by atoms with E-state index in [1.165, 1.54) is 21.1 Å². The number of nitrogens with zero attached hydrogens (tertiary/aromatic N) is 3. The van der Waals surface area contributed by atoms with Gasteiger partial charge in [-0.3, -0.25) is 14.4 Å². The highest BCUT2D eigenvalue weighted by atomic mass is 32.1. The lowest BCUT2D eigenvalue weighted by Crippen LogP contribution is -2.42. The van der Waals surface area contributed by atoms with Crippen LogP contribution in [0, 0.1) is 5.92 Å². The van der Waals surface area contributed by atoms with Gasteiger partial charge < -0.3 is 24.6 Å².